The van der Waals surface area contributed by atoms with Crippen LogP contribution in [0.5, 0.6) is 0 Å². The summed E-state index contributed by atoms with van der Waals surface area (Å²) in [6.45, 7) is 0.0995. The summed E-state index contributed by atoms with van der Waals surface area (Å²) in [6, 6.07) is 0. The molecule has 1 aliphatic rings. The maximum Gasteiger partial charge on any atom is 0.204 e. The van der Waals surface area contributed by atoms with Crippen molar-refractivity contribution in [2.45, 2.75) is 44.9 Å². The smallest absolute Gasteiger partial charge is 0.204 e. The lowest BCUT2D eigenvalue weighted by Crippen LogP contribution is -2.18. The average Bonchev–Trinajstić information content (AvgIpc) is 2.25. The summed E-state index contributed by atoms with van der Waals surface area (Å²) in [7, 11) is 0. The van der Waals surface area contributed by atoms with Crippen molar-refractivity contribution < 1.29 is 10.0 Å². The van der Waals surface area contributed by atoms with Crippen LogP contribution in [0.4, 0.5) is 0 Å². The minimum Gasteiger partial charge on any atom is -0.396 e. The third-order valence-corrected chi connectivity index (χ3v) is 3.37. The molecule has 88 valence electrons. The molecule has 0 spiro atoms. The molecular formula is C11H21NO3. The first-order valence-corrected chi connectivity index (χ1v) is 5.95. The van der Waals surface area contributed by atoms with Gasteiger partial charge in [0.25, 0.3) is 0 Å². The zero-order valence-corrected chi connectivity index (χ0v) is 9.23. The molecule has 0 radical (unpaired) electrons. The van der Waals surface area contributed by atoms with Gasteiger partial charge in [-0.2, -0.15) is 0 Å². The Morgan fingerprint density at radius 1 is 1.33 bits per heavy atom. The molecule has 4 nitrogen and oxygen atoms in total. The van der Waals surface area contributed by atoms with E-state index in [9.17, 15) is 10.1 Å². The number of aliphatic hydroxyl groups is 1. The molecule has 0 bridgehead atoms. The zero-order chi connectivity index (χ0) is 11.1. The molecule has 0 heterocycles. The fourth-order valence-corrected chi connectivity index (χ4v) is 2.47. The van der Waals surface area contributed by atoms with Gasteiger partial charge in [-0.05, 0) is 18.3 Å². The van der Waals surface area contributed by atoms with Crippen LogP contribution in [0.3, 0.4) is 0 Å². The molecular weight excluding hydrogens is 194 g/mol. The van der Waals surface area contributed by atoms with Crippen molar-refractivity contribution in [3.8, 4) is 0 Å². The lowest BCUT2D eigenvalue weighted by Gasteiger charge is -2.24. The van der Waals surface area contributed by atoms with Gasteiger partial charge in [-0.3, -0.25) is 10.1 Å². The Bertz CT molecular complexity index is 190. The average molecular weight is 215 g/mol. The van der Waals surface area contributed by atoms with Gasteiger partial charge in [0.05, 0.1) is 0 Å². The van der Waals surface area contributed by atoms with Crippen LogP contribution in [-0.4, -0.2) is 23.2 Å². The number of nitro groups is 1. The molecule has 15 heavy (non-hydrogen) atoms. The Balaban J connectivity index is 2.22. The maximum absolute atomic E-state index is 10.2. The normalized spacial score (nSPS) is 20.1. The summed E-state index contributed by atoms with van der Waals surface area (Å²) in [5.74, 6) is 0.834. The molecule has 1 fully saturated rings. The van der Waals surface area contributed by atoms with Crippen molar-refractivity contribution in [3.05, 3.63) is 10.1 Å². The van der Waals surface area contributed by atoms with E-state index in [1.165, 1.54) is 32.1 Å². The van der Waals surface area contributed by atoms with Gasteiger partial charge in [-0.1, -0.05) is 32.1 Å². The molecule has 0 amide bonds. The fourth-order valence-electron chi connectivity index (χ4n) is 2.47. The summed E-state index contributed by atoms with van der Waals surface area (Å²) in [6.07, 6.45) is 7.90. The van der Waals surface area contributed by atoms with E-state index in [1.54, 1.807) is 0 Å². The van der Waals surface area contributed by atoms with E-state index in [-0.39, 0.29) is 24.0 Å². The molecule has 1 atom stereocenters. The molecule has 1 saturated carbocycles. The van der Waals surface area contributed by atoms with Gasteiger partial charge < -0.3 is 5.11 Å². The van der Waals surface area contributed by atoms with E-state index in [4.69, 9.17) is 5.11 Å². The maximum atomic E-state index is 10.2. The second-order valence-corrected chi connectivity index (χ2v) is 4.63. The van der Waals surface area contributed by atoms with E-state index in [0.717, 1.165) is 6.42 Å². The molecule has 0 aromatic rings. The van der Waals surface area contributed by atoms with E-state index in [1.807, 2.05) is 0 Å². The number of rotatable bonds is 6. The lowest BCUT2D eigenvalue weighted by molar-refractivity contribution is -0.481. The summed E-state index contributed by atoms with van der Waals surface area (Å²) in [5.41, 5.74) is 0. The van der Waals surface area contributed by atoms with Crippen LogP contribution in [0, 0.1) is 22.0 Å². The van der Waals surface area contributed by atoms with Gasteiger partial charge in [-0.15, -0.1) is 0 Å². The summed E-state index contributed by atoms with van der Waals surface area (Å²) in [5, 5.41) is 19.4. The largest absolute Gasteiger partial charge is 0.396 e. The number of nitrogens with zero attached hydrogens (tertiary/aromatic N) is 1. The Kier molecular flexibility index (Phi) is 5.61. The van der Waals surface area contributed by atoms with Crippen molar-refractivity contribution >= 4 is 0 Å². The highest BCUT2D eigenvalue weighted by Crippen LogP contribution is 2.29. The zero-order valence-electron chi connectivity index (χ0n) is 9.23. The van der Waals surface area contributed by atoms with Crippen LogP contribution in [0.15, 0.2) is 0 Å². The van der Waals surface area contributed by atoms with Crippen molar-refractivity contribution in [2.24, 2.45) is 11.8 Å². The second-order valence-electron chi connectivity index (χ2n) is 4.63. The number of hydrogen-bond acceptors (Lipinski definition) is 3. The van der Waals surface area contributed by atoms with Crippen LogP contribution in [0.1, 0.15) is 44.9 Å². The van der Waals surface area contributed by atoms with Crippen LogP contribution < -0.4 is 0 Å². The van der Waals surface area contributed by atoms with Gasteiger partial charge in [0.2, 0.25) is 6.54 Å². The van der Waals surface area contributed by atoms with Crippen LogP contribution >= 0.6 is 0 Å². The van der Waals surface area contributed by atoms with Crippen molar-refractivity contribution in [2.75, 3.05) is 13.2 Å². The quantitative estimate of drug-likeness (QED) is 0.546. The Labute approximate surface area is 90.8 Å². The predicted molar refractivity (Wildman–Crippen MR) is 58.2 cm³/mol. The minimum absolute atomic E-state index is 0.00204. The van der Waals surface area contributed by atoms with Gasteiger partial charge in [0.15, 0.2) is 0 Å². The van der Waals surface area contributed by atoms with Gasteiger partial charge >= 0.3 is 0 Å². The van der Waals surface area contributed by atoms with Gasteiger partial charge in [0.1, 0.15) is 0 Å². The third-order valence-electron chi connectivity index (χ3n) is 3.37. The molecule has 0 aromatic carbocycles. The fraction of sp³-hybridized carbons (Fsp3) is 1.00. The molecule has 0 unspecified atom stereocenters. The predicted octanol–water partition coefficient (Wildman–Crippen LogP) is 2.23. The minimum atomic E-state index is -0.288. The topological polar surface area (TPSA) is 63.4 Å². The summed E-state index contributed by atoms with van der Waals surface area (Å²) >= 11 is 0. The summed E-state index contributed by atoms with van der Waals surface area (Å²) in [4.78, 5) is 9.95. The third kappa shape index (κ3) is 5.11. The van der Waals surface area contributed by atoms with E-state index >= 15 is 0 Å². The number of aliphatic hydroxyl groups excluding tert-OH is 1. The highest BCUT2D eigenvalue weighted by Gasteiger charge is 2.19. The van der Waals surface area contributed by atoms with Crippen molar-refractivity contribution in [1.29, 1.82) is 0 Å². The van der Waals surface area contributed by atoms with Crippen LogP contribution in [0.2, 0.25) is 0 Å². The van der Waals surface area contributed by atoms with Crippen molar-refractivity contribution in [1.82, 2.24) is 0 Å². The van der Waals surface area contributed by atoms with Gasteiger partial charge in [0, 0.05) is 18.0 Å². The molecule has 0 aliphatic heterocycles. The Hall–Kier alpha value is -0.640. The highest BCUT2D eigenvalue weighted by molar-refractivity contribution is 4.70. The molecule has 1 N–H and O–H groups in total. The molecule has 1 aliphatic carbocycles. The molecule has 0 aromatic heterocycles. The SMILES string of the molecule is O=[N+]([O-])CC[C@H](CO)CC1CCCCC1. The Morgan fingerprint density at radius 2 is 2.00 bits per heavy atom. The first-order chi connectivity index (χ1) is 7.22. The first-order valence-electron chi connectivity index (χ1n) is 5.95. The van der Waals surface area contributed by atoms with E-state index in [0.29, 0.717) is 12.3 Å². The molecule has 4 heteroatoms. The number of hydrogen-bond donors (Lipinski definition) is 1. The van der Waals surface area contributed by atoms with Crippen LogP contribution in [-0.2, 0) is 0 Å². The highest BCUT2D eigenvalue weighted by atomic mass is 16.6. The molecule has 0 saturated heterocycles. The monoisotopic (exact) mass is 215 g/mol. The van der Waals surface area contributed by atoms with Gasteiger partial charge in [-0.25, -0.2) is 0 Å². The Morgan fingerprint density at radius 3 is 2.53 bits per heavy atom. The lowest BCUT2D eigenvalue weighted by atomic mass is 9.82. The second kappa shape index (κ2) is 6.77. The van der Waals surface area contributed by atoms with Crippen LogP contribution in [0.25, 0.3) is 0 Å². The van der Waals surface area contributed by atoms with E-state index in [2.05, 4.69) is 0 Å². The van der Waals surface area contributed by atoms with E-state index < -0.39 is 0 Å². The standard InChI is InChI=1S/C11H21NO3/c13-9-11(6-7-12(14)15)8-10-4-2-1-3-5-10/h10-11,13H,1-9H2/t11-/m0/s1. The first kappa shape index (κ1) is 12.4. The molecule has 1 rings (SSSR count). The summed E-state index contributed by atoms with van der Waals surface area (Å²) < 4.78 is 0. The van der Waals surface area contributed by atoms with Crippen molar-refractivity contribution in [3.63, 3.8) is 0 Å².